The number of hydrogen-bond donors (Lipinski definition) is 1. The molecule has 0 heterocycles. The van der Waals surface area contributed by atoms with Gasteiger partial charge < -0.3 is 14.6 Å². The summed E-state index contributed by atoms with van der Waals surface area (Å²) in [5, 5.41) is 9.58. The molecule has 1 N–H and O–H groups in total. The number of alkyl halides is 3. The largest absolute Gasteiger partial charge is 0.491 e. The van der Waals surface area contributed by atoms with E-state index in [0.29, 0.717) is 11.3 Å². The highest BCUT2D eigenvalue weighted by Gasteiger charge is 2.27. The van der Waals surface area contributed by atoms with Crippen molar-refractivity contribution in [1.29, 1.82) is 0 Å². The van der Waals surface area contributed by atoms with E-state index >= 15 is 0 Å². The standard InChI is InChI=1S/C13H17F3O3/c1-9-3-4-12(11(7-9)10(2)17)19-6-5-18-8-13(14,15)16/h3-4,7,10,17H,5-6,8H2,1-2H3. The van der Waals surface area contributed by atoms with Gasteiger partial charge in [-0.05, 0) is 26.0 Å². The third-order valence-electron chi connectivity index (χ3n) is 2.37. The van der Waals surface area contributed by atoms with Crippen LogP contribution in [0.2, 0.25) is 0 Å². The zero-order valence-electron chi connectivity index (χ0n) is 10.8. The smallest absolute Gasteiger partial charge is 0.411 e. The van der Waals surface area contributed by atoms with Crippen LogP contribution in [0.15, 0.2) is 18.2 Å². The molecule has 0 aromatic heterocycles. The summed E-state index contributed by atoms with van der Waals surface area (Å²) in [7, 11) is 0. The Labute approximate surface area is 110 Å². The molecule has 0 aliphatic rings. The van der Waals surface area contributed by atoms with Crippen LogP contribution in [0.25, 0.3) is 0 Å². The molecule has 0 aliphatic heterocycles. The van der Waals surface area contributed by atoms with Crippen LogP contribution in [-0.2, 0) is 4.74 Å². The maximum absolute atomic E-state index is 11.8. The first kappa shape index (κ1) is 15.8. The van der Waals surface area contributed by atoms with Crippen molar-refractivity contribution in [1.82, 2.24) is 0 Å². The van der Waals surface area contributed by atoms with Crippen molar-refractivity contribution in [3.63, 3.8) is 0 Å². The lowest BCUT2D eigenvalue weighted by molar-refractivity contribution is -0.175. The molecule has 1 aromatic rings. The number of halogens is 3. The third-order valence-corrected chi connectivity index (χ3v) is 2.37. The van der Waals surface area contributed by atoms with Crippen LogP contribution in [-0.4, -0.2) is 31.1 Å². The molecule has 1 unspecified atom stereocenters. The van der Waals surface area contributed by atoms with Crippen molar-refractivity contribution >= 4 is 0 Å². The third kappa shape index (κ3) is 5.94. The van der Waals surface area contributed by atoms with Crippen LogP contribution >= 0.6 is 0 Å². The number of aryl methyl sites for hydroxylation is 1. The van der Waals surface area contributed by atoms with Gasteiger partial charge >= 0.3 is 6.18 Å². The van der Waals surface area contributed by atoms with Crippen molar-refractivity contribution in [3.05, 3.63) is 29.3 Å². The lowest BCUT2D eigenvalue weighted by Crippen LogP contribution is -2.19. The fourth-order valence-corrected chi connectivity index (χ4v) is 1.52. The molecule has 108 valence electrons. The lowest BCUT2D eigenvalue weighted by Gasteiger charge is -2.14. The number of aliphatic hydroxyl groups is 1. The summed E-state index contributed by atoms with van der Waals surface area (Å²) < 4.78 is 45.2. The predicted molar refractivity (Wildman–Crippen MR) is 64.2 cm³/mol. The molecule has 1 atom stereocenters. The molecular formula is C13H17F3O3. The Bertz CT molecular complexity index is 403. The van der Waals surface area contributed by atoms with Gasteiger partial charge in [0.05, 0.1) is 12.7 Å². The second-order valence-electron chi connectivity index (χ2n) is 4.23. The van der Waals surface area contributed by atoms with E-state index in [9.17, 15) is 18.3 Å². The summed E-state index contributed by atoms with van der Waals surface area (Å²) in [6.07, 6.45) is -5.03. The second kappa shape index (κ2) is 6.77. The Morgan fingerprint density at radius 3 is 2.53 bits per heavy atom. The molecular weight excluding hydrogens is 261 g/mol. The average molecular weight is 278 g/mol. The zero-order valence-corrected chi connectivity index (χ0v) is 10.8. The molecule has 0 aliphatic carbocycles. The van der Waals surface area contributed by atoms with Crippen LogP contribution in [0, 0.1) is 6.92 Å². The van der Waals surface area contributed by atoms with E-state index in [1.165, 1.54) is 0 Å². The maximum Gasteiger partial charge on any atom is 0.411 e. The normalized spacial score (nSPS) is 13.4. The summed E-state index contributed by atoms with van der Waals surface area (Å²) >= 11 is 0. The monoisotopic (exact) mass is 278 g/mol. The molecule has 0 bridgehead atoms. The summed E-state index contributed by atoms with van der Waals surface area (Å²) in [6.45, 7) is 2.03. The molecule has 0 spiro atoms. The highest BCUT2D eigenvalue weighted by molar-refractivity contribution is 5.38. The molecule has 0 saturated carbocycles. The van der Waals surface area contributed by atoms with E-state index < -0.39 is 18.9 Å². The van der Waals surface area contributed by atoms with Crippen molar-refractivity contribution < 1.29 is 27.8 Å². The SMILES string of the molecule is Cc1ccc(OCCOCC(F)(F)F)c(C(C)O)c1. The van der Waals surface area contributed by atoms with Gasteiger partial charge in [0, 0.05) is 5.56 Å². The summed E-state index contributed by atoms with van der Waals surface area (Å²) in [5.74, 6) is 0.455. The molecule has 1 rings (SSSR count). The quantitative estimate of drug-likeness (QED) is 0.813. The number of hydrogen-bond acceptors (Lipinski definition) is 3. The predicted octanol–water partition coefficient (Wildman–Crippen LogP) is 3.01. The van der Waals surface area contributed by atoms with E-state index in [1.807, 2.05) is 6.92 Å². The van der Waals surface area contributed by atoms with Crippen LogP contribution in [0.3, 0.4) is 0 Å². The fraction of sp³-hybridized carbons (Fsp3) is 0.538. The van der Waals surface area contributed by atoms with Crippen LogP contribution < -0.4 is 4.74 Å². The molecule has 0 amide bonds. The number of benzene rings is 1. The first-order valence-corrected chi connectivity index (χ1v) is 5.85. The van der Waals surface area contributed by atoms with Crippen LogP contribution in [0.5, 0.6) is 5.75 Å². The molecule has 19 heavy (non-hydrogen) atoms. The highest BCUT2D eigenvalue weighted by Crippen LogP contribution is 2.26. The van der Waals surface area contributed by atoms with E-state index in [1.54, 1.807) is 25.1 Å². The molecule has 0 fully saturated rings. The Morgan fingerprint density at radius 1 is 1.26 bits per heavy atom. The topological polar surface area (TPSA) is 38.7 Å². The molecule has 6 heteroatoms. The highest BCUT2D eigenvalue weighted by atomic mass is 19.4. The zero-order chi connectivity index (χ0) is 14.5. The van der Waals surface area contributed by atoms with E-state index in [-0.39, 0.29) is 13.2 Å². The molecule has 0 radical (unpaired) electrons. The van der Waals surface area contributed by atoms with Gasteiger partial charge in [0.25, 0.3) is 0 Å². The lowest BCUT2D eigenvalue weighted by atomic mass is 10.1. The minimum absolute atomic E-state index is 0.00113. The number of rotatable bonds is 6. The van der Waals surface area contributed by atoms with Crippen molar-refractivity contribution in [3.8, 4) is 5.75 Å². The van der Waals surface area contributed by atoms with Crippen LogP contribution in [0.1, 0.15) is 24.2 Å². The fourth-order valence-electron chi connectivity index (χ4n) is 1.52. The van der Waals surface area contributed by atoms with Gasteiger partial charge in [-0.1, -0.05) is 11.6 Å². The number of ether oxygens (including phenoxy) is 2. The van der Waals surface area contributed by atoms with Gasteiger partial charge in [0.2, 0.25) is 0 Å². The van der Waals surface area contributed by atoms with Gasteiger partial charge in [-0.25, -0.2) is 0 Å². The first-order valence-electron chi connectivity index (χ1n) is 5.85. The average Bonchev–Trinajstić information content (AvgIpc) is 2.28. The summed E-state index contributed by atoms with van der Waals surface area (Å²) in [6, 6.07) is 5.26. The minimum Gasteiger partial charge on any atom is -0.491 e. The molecule has 3 nitrogen and oxygen atoms in total. The van der Waals surface area contributed by atoms with Gasteiger partial charge in [-0.2, -0.15) is 13.2 Å². The van der Waals surface area contributed by atoms with Gasteiger partial charge in [-0.15, -0.1) is 0 Å². The molecule has 1 aromatic carbocycles. The maximum atomic E-state index is 11.8. The van der Waals surface area contributed by atoms with Gasteiger partial charge in [0.1, 0.15) is 19.0 Å². The van der Waals surface area contributed by atoms with Crippen molar-refractivity contribution in [2.45, 2.75) is 26.1 Å². The summed E-state index contributed by atoms with van der Waals surface area (Å²) in [5.41, 5.74) is 1.58. The van der Waals surface area contributed by atoms with Crippen LogP contribution in [0.4, 0.5) is 13.2 Å². The van der Waals surface area contributed by atoms with E-state index in [4.69, 9.17) is 4.74 Å². The first-order chi connectivity index (χ1) is 8.79. The minimum atomic E-state index is -4.32. The Hall–Kier alpha value is -1.27. The Balaban J connectivity index is 2.45. The van der Waals surface area contributed by atoms with Crippen molar-refractivity contribution in [2.24, 2.45) is 0 Å². The van der Waals surface area contributed by atoms with E-state index in [0.717, 1.165) is 5.56 Å². The molecule has 0 saturated heterocycles. The van der Waals surface area contributed by atoms with E-state index in [2.05, 4.69) is 4.74 Å². The van der Waals surface area contributed by atoms with Gasteiger partial charge in [0.15, 0.2) is 0 Å². The van der Waals surface area contributed by atoms with Gasteiger partial charge in [-0.3, -0.25) is 0 Å². The second-order valence-corrected chi connectivity index (χ2v) is 4.23. The number of aliphatic hydroxyl groups excluding tert-OH is 1. The Morgan fingerprint density at radius 2 is 1.95 bits per heavy atom. The Kier molecular flexibility index (Phi) is 5.62. The van der Waals surface area contributed by atoms with Crippen molar-refractivity contribution in [2.75, 3.05) is 19.8 Å². The summed E-state index contributed by atoms with van der Waals surface area (Å²) in [4.78, 5) is 0.